The number of ether oxygens (including phenoxy) is 1. The first-order chi connectivity index (χ1) is 9.60. The molecule has 0 amide bonds. The molecule has 1 aromatic heterocycles. The van der Waals surface area contributed by atoms with Crippen molar-refractivity contribution in [3.63, 3.8) is 0 Å². The fourth-order valence-corrected chi connectivity index (χ4v) is 2.42. The number of anilines is 1. The van der Waals surface area contributed by atoms with E-state index in [-0.39, 0.29) is 12.1 Å². The number of aromatic nitrogens is 2. The molecule has 0 aliphatic rings. The fraction of sp³-hybridized carbons (Fsp3) is 0.583. The molecule has 0 saturated carbocycles. The molecule has 0 aliphatic heterocycles. The second-order valence-corrected chi connectivity index (χ2v) is 5.82. The molecule has 0 aromatic carbocycles. The summed E-state index contributed by atoms with van der Waals surface area (Å²) in [5.74, 6) is 0.617. The Morgan fingerprint density at radius 1 is 1.55 bits per heavy atom. The lowest BCUT2D eigenvalue weighted by molar-refractivity contribution is -0.141. The average molecular weight is 364 g/mol. The van der Waals surface area contributed by atoms with E-state index < -0.39 is 5.97 Å². The highest BCUT2D eigenvalue weighted by atomic mass is 79.9. The van der Waals surface area contributed by atoms with E-state index in [1.807, 2.05) is 11.8 Å². The second-order valence-electron chi connectivity index (χ2n) is 4.04. The summed E-state index contributed by atoms with van der Waals surface area (Å²) in [5.41, 5.74) is 0.282. The predicted octanol–water partition coefficient (Wildman–Crippen LogP) is 1.73. The molecule has 1 heterocycles. The molecule has 0 fully saturated rings. The van der Waals surface area contributed by atoms with Crippen molar-refractivity contribution in [2.24, 2.45) is 0 Å². The lowest BCUT2D eigenvalue weighted by Gasteiger charge is -2.09. The van der Waals surface area contributed by atoms with Crippen molar-refractivity contribution in [2.45, 2.75) is 19.4 Å². The van der Waals surface area contributed by atoms with Crippen LogP contribution in [0.4, 0.5) is 5.69 Å². The van der Waals surface area contributed by atoms with E-state index in [1.165, 1.54) is 13.3 Å². The van der Waals surface area contributed by atoms with Gasteiger partial charge in [-0.3, -0.25) is 9.59 Å². The van der Waals surface area contributed by atoms with Crippen LogP contribution in [0.15, 0.2) is 15.5 Å². The number of thioether (sulfide) groups is 1. The predicted molar refractivity (Wildman–Crippen MR) is 84.3 cm³/mol. The van der Waals surface area contributed by atoms with Gasteiger partial charge in [0.1, 0.15) is 11.0 Å². The largest absolute Gasteiger partial charge is 0.468 e. The molecule has 0 spiro atoms. The normalized spacial score (nSPS) is 10.3. The number of rotatable bonds is 8. The molecule has 1 aromatic rings. The van der Waals surface area contributed by atoms with Gasteiger partial charge in [-0.05, 0) is 40.8 Å². The second kappa shape index (κ2) is 9.02. The van der Waals surface area contributed by atoms with Crippen LogP contribution in [0.5, 0.6) is 0 Å². The number of methoxy groups -OCH3 is 1. The van der Waals surface area contributed by atoms with Crippen LogP contribution in [0.2, 0.25) is 0 Å². The van der Waals surface area contributed by atoms with E-state index in [0.29, 0.717) is 10.2 Å². The maximum atomic E-state index is 12.0. The molecule has 0 unspecified atom stereocenters. The Morgan fingerprint density at radius 3 is 2.95 bits per heavy atom. The van der Waals surface area contributed by atoms with E-state index in [9.17, 15) is 9.59 Å². The summed E-state index contributed by atoms with van der Waals surface area (Å²) in [6.07, 6.45) is 5.76. The first-order valence-electron chi connectivity index (χ1n) is 6.15. The van der Waals surface area contributed by atoms with E-state index >= 15 is 0 Å². The van der Waals surface area contributed by atoms with E-state index in [2.05, 4.69) is 37.3 Å². The van der Waals surface area contributed by atoms with Crippen molar-refractivity contribution in [3.05, 3.63) is 21.0 Å². The SMILES string of the molecule is COC(=O)Cn1ncc(NCCCCSC)c(Br)c1=O. The van der Waals surface area contributed by atoms with E-state index in [1.54, 1.807) is 0 Å². The summed E-state index contributed by atoms with van der Waals surface area (Å²) >= 11 is 5.05. The zero-order valence-corrected chi connectivity index (χ0v) is 13.9. The van der Waals surface area contributed by atoms with Gasteiger partial charge in [0.15, 0.2) is 0 Å². The third-order valence-corrected chi connectivity index (χ3v) is 4.05. The van der Waals surface area contributed by atoms with Gasteiger partial charge < -0.3 is 10.1 Å². The van der Waals surface area contributed by atoms with Gasteiger partial charge in [0.2, 0.25) is 0 Å². The van der Waals surface area contributed by atoms with Crippen LogP contribution in [0.3, 0.4) is 0 Å². The maximum Gasteiger partial charge on any atom is 0.327 e. The Bertz CT molecular complexity index is 507. The van der Waals surface area contributed by atoms with Crippen LogP contribution in [-0.4, -0.2) is 41.4 Å². The number of halogens is 1. The molecular weight excluding hydrogens is 346 g/mol. The minimum absolute atomic E-state index is 0.193. The van der Waals surface area contributed by atoms with Crippen molar-refractivity contribution >= 4 is 39.3 Å². The molecule has 0 bridgehead atoms. The number of hydrogen-bond donors (Lipinski definition) is 1. The van der Waals surface area contributed by atoms with E-state index in [0.717, 1.165) is 29.8 Å². The fourth-order valence-electron chi connectivity index (χ4n) is 1.48. The maximum absolute atomic E-state index is 12.0. The Balaban J connectivity index is 2.64. The third kappa shape index (κ3) is 5.16. The highest BCUT2D eigenvalue weighted by Crippen LogP contribution is 2.16. The summed E-state index contributed by atoms with van der Waals surface area (Å²) in [5, 5.41) is 7.11. The Hall–Kier alpha value is -1.02. The van der Waals surface area contributed by atoms with Crippen LogP contribution >= 0.6 is 27.7 Å². The van der Waals surface area contributed by atoms with Crippen LogP contribution in [0.25, 0.3) is 0 Å². The van der Waals surface area contributed by atoms with Gasteiger partial charge in [0.05, 0.1) is 19.0 Å². The Morgan fingerprint density at radius 2 is 2.30 bits per heavy atom. The number of nitrogens with zero attached hydrogens (tertiary/aromatic N) is 2. The summed E-state index contributed by atoms with van der Waals surface area (Å²) in [4.78, 5) is 23.1. The summed E-state index contributed by atoms with van der Waals surface area (Å²) < 4.78 is 5.95. The number of unbranched alkanes of at least 4 members (excludes halogenated alkanes) is 1. The molecular formula is C12H18BrN3O3S. The van der Waals surface area contributed by atoms with Crippen LogP contribution in [-0.2, 0) is 16.1 Å². The Labute approximate surface area is 130 Å². The lowest BCUT2D eigenvalue weighted by atomic mass is 10.3. The van der Waals surface area contributed by atoms with Crippen LogP contribution < -0.4 is 10.9 Å². The molecule has 1 N–H and O–H groups in total. The molecule has 0 saturated heterocycles. The van der Waals surface area contributed by atoms with Gasteiger partial charge >= 0.3 is 5.97 Å². The number of esters is 1. The minimum atomic E-state index is -0.510. The number of carbonyl (C=O) groups is 1. The van der Waals surface area contributed by atoms with Crippen molar-refractivity contribution in [1.29, 1.82) is 0 Å². The van der Waals surface area contributed by atoms with Gasteiger partial charge in [-0.1, -0.05) is 0 Å². The summed E-state index contributed by atoms with van der Waals surface area (Å²) in [6.45, 7) is 0.587. The molecule has 6 nitrogen and oxygen atoms in total. The van der Waals surface area contributed by atoms with Gasteiger partial charge in [-0.15, -0.1) is 0 Å². The van der Waals surface area contributed by atoms with E-state index in [4.69, 9.17) is 0 Å². The van der Waals surface area contributed by atoms with Crippen molar-refractivity contribution in [3.8, 4) is 0 Å². The number of nitrogens with one attached hydrogen (secondary N) is 1. The first kappa shape index (κ1) is 17.0. The lowest BCUT2D eigenvalue weighted by Crippen LogP contribution is -2.28. The summed E-state index contributed by atoms with van der Waals surface area (Å²) in [6, 6.07) is 0. The van der Waals surface area contributed by atoms with Crippen molar-refractivity contribution in [2.75, 3.05) is 31.0 Å². The van der Waals surface area contributed by atoms with Crippen molar-refractivity contribution < 1.29 is 9.53 Å². The molecule has 8 heteroatoms. The quantitative estimate of drug-likeness (QED) is 0.560. The molecule has 112 valence electrons. The molecule has 20 heavy (non-hydrogen) atoms. The zero-order valence-electron chi connectivity index (χ0n) is 11.5. The zero-order chi connectivity index (χ0) is 15.0. The molecule has 1 rings (SSSR count). The average Bonchev–Trinajstić information content (AvgIpc) is 2.45. The number of carbonyl (C=O) groups excluding carboxylic acids is 1. The van der Waals surface area contributed by atoms with Gasteiger partial charge in [-0.2, -0.15) is 16.9 Å². The highest BCUT2D eigenvalue weighted by molar-refractivity contribution is 9.10. The third-order valence-electron chi connectivity index (χ3n) is 2.58. The standard InChI is InChI=1S/C12H18BrN3O3S/c1-19-10(17)8-16-12(18)11(13)9(7-15-16)14-5-3-4-6-20-2/h7,14H,3-6,8H2,1-2H3. The van der Waals surface area contributed by atoms with Crippen LogP contribution in [0.1, 0.15) is 12.8 Å². The summed E-state index contributed by atoms with van der Waals surface area (Å²) in [7, 11) is 1.27. The minimum Gasteiger partial charge on any atom is -0.468 e. The topological polar surface area (TPSA) is 73.2 Å². The van der Waals surface area contributed by atoms with Gasteiger partial charge in [0, 0.05) is 6.54 Å². The van der Waals surface area contributed by atoms with Gasteiger partial charge in [0.25, 0.3) is 5.56 Å². The van der Waals surface area contributed by atoms with Gasteiger partial charge in [-0.25, -0.2) is 4.68 Å². The first-order valence-corrected chi connectivity index (χ1v) is 8.34. The van der Waals surface area contributed by atoms with Crippen LogP contribution in [0, 0.1) is 0 Å². The molecule has 0 atom stereocenters. The highest BCUT2D eigenvalue weighted by Gasteiger charge is 2.11. The Kier molecular flexibility index (Phi) is 7.68. The monoisotopic (exact) mass is 363 g/mol. The molecule has 0 aliphatic carbocycles. The van der Waals surface area contributed by atoms with Crippen molar-refractivity contribution in [1.82, 2.24) is 9.78 Å². The smallest absolute Gasteiger partial charge is 0.327 e. The number of hydrogen-bond acceptors (Lipinski definition) is 6. The molecule has 0 radical (unpaired) electrons.